The molecule has 0 saturated heterocycles. The maximum Gasteiger partial charge on any atom is 0.416 e. The van der Waals surface area contributed by atoms with Crippen LogP contribution in [0.25, 0.3) is 0 Å². The van der Waals surface area contributed by atoms with E-state index in [-0.39, 0.29) is 12.1 Å². The Morgan fingerprint density at radius 2 is 1.47 bits per heavy atom. The molecule has 198 valence electrons. The Balaban J connectivity index is 1.56. The van der Waals surface area contributed by atoms with E-state index in [2.05, 4.69) is 5.10 Å². The third-order valence-electron chi connectivity index (χ3n) is 6.27. The predicted octanol–water partition coefficient (Wildman–Crippen LogP) is 5.17. The number of ether oxygens (including phenoxy) is 2. The van der Waals surface area contributed by atoms with Gasteiger partial charge in [-0.05, 0) is 71.8 Å². The van der Waals surface area contributed by atoms with Crippen molar-refractivity contribution in [2.45, 2.75) is 18.6 Å². The molecule has 3 aromatic carbocycles. The molecule has 0 saturated carbocycles. The van der Waals surface area contributed by atoms with E-state index in [0.29, 0.717) is 23.6 Å². The van der Waals surface area contributed by atoms with Crippen molar-refractivity contribution in [3.63, 3.8) is 0 Å². The summed E-state index contributed by atoms with van der Waals surface area (Å²) >= 11 is 0. The number of likely N-dealkylation sites (N-methyl/N-ethyl adjacent to an activating group) is 1. The average molecular weight is 526 g/mol. The van der Waals surface area contributed by atoms with Gasteiger partial charge in [-0.25, -0.2) is 5.01 Å². The Hall–Kier alpha value is -4.34. The fourth-order valence-corrected chi connectivity index (χ4v) is 4.15. The standard InChI is InChI=1S/C28H26F3N3O4/c1-33(27(36)20-4-10-21(11-5-20)28(29,30)31)17-26(35)34-25(19-8-14-23(38-3)15-9-19)16-24(32-34)18-6-12-22(37-2)13-7-18/h4-15,25H,16-17H2,1-3H3/t25-/m1/s1. The summed E-state index contributed by atoms with van der Waals surface area (Å²) in [4.78, 5) is 27.4. The molecule has 0 aromatic heterocycles. The van der Waals surface area contributed by atoms with Crippen LogP contribution in [0.4, 0.5) is 13.2 Å². The molecule has 0 aliphatic carbocycles. The second kappa shape index (κ2) is 11.0. The molecule has 1 aliphatic rings. The fraction of sp³-hybridized carbons (Fsp3) is 0.250. The van der Waals surface area contributed by atoms with Crippen LogP contribution < -0.4 is 9.47 Å². The number of methoxy groups -OCH3 is 2. The molecule has 1 heterocycles. The maximum atomic E-state index is 13.4. The summed E-state index contributed by atoms with van der Waals surface area (Å²) in [5.41, 5.74) is 1.55. The van der Waals surface area contributed by atoms with Crippen LogP contribution in [0.5, 0.6) is 11.5 Å². The van der Waals surface area contributed by atoms with E-state index >= 15 is 0 Å². The van der Waals surface area contributed by atoms with Gasteiger partial charge in [0.25, 0.3) is 11.8 Å². The van der Waals surface area contributed by atoms with Gasteiger partial charge < -0.3 is 14.4 Å². The highest BCUT2D eigenvalue weighted by Gasteiger charge is 2.34. The number of halogens is 3. The van der Waals surface area contributed by atoms with E-state index in [0.717, 1.165) is 40.3 Å². The lowest BCUT2D eigenvalue weighted by Crippen LogP contribution is -2.39. The topological polar surface area (TPSA) is 71.4 Å². The third-order valence-corrected chi connectivity index (χ3v) is 6.27. The Bertz CT molecular complexity index is 1320. The number of amides is 2. The number of carbonyl (C=O) groups is 2. The first-order valence-corrected chi connectivity index (χ1v) is 11.7. The van der Waals surface area contributed by atoms with E-state index in [4.69, 9.17) is 9.47 Å². The van der Waals surface area contributed by atoms with Crippen LogP contribution in [0.3, 0.4) is 0 Å². The van der Waals surface area contributed by atoms with E-state index in [9.17, 15) is 22.8 Å². The Morgan fingerprint density at radius 3 is 2.00 bits per heavy atom. The van der Waals surface area contributed by atoms with Gasteiger partial charge in [0.1, 0.15) is 18.0 Å². The van der Waals surface area contributed by atoms with Crippen LogP contribution in [0, 0.1) is 0 Å². The van der Waals surface area contributed by atoms with Crippen LogP contribution in [-0.2, 0) is 11.0 Å². The van der Waals surface area contributed by atoms with E-state index in [1.807, 2.05) is 24.3 Å². The number of alkyl halides is 3. The molecule has 0 spiro atoms. The van der Waals surface area contributed by atoms with Crippen molar-refractivity contribution in [3.05, 3.63) is 95.1 Å². The van der Waals surface area contributed by atoms with Gasteiger partial charge in [-0.2, -0.15) is 18.3 Å². The predicted molar refractivity (Wildman–Crippen MR) is 135 cm³/mol. The lowest BCUT2D eigenvalue weighted by atomic mass is 9.98. The van der Waals surface area contributed by atoms with Crippen LogP contribution in [0.15, 0.2) is 77.9 Å². The molecule has 4 rings (SSSR count). The average Bonchev–Trinajstić information content (AvgIpc) is 3.38. The number of nitrogens with zero attached hydrogens (tertiary/aromatic N) is 3. The van der Waals surface area contributed by atoms with Crippen LogP contribution in [0.1, 0.15) is 39.5 Å². The van der Waals surface area contributed by atoms with Gasteiger partial charge in [0.05, 0.1) is 31.5 Å². The highest BCUT2D eigenvalue weighted by Crippen LogP contribution is 2.34. The lowest BCUT2D eigenvalue weighted by Gasteiger charge is -2.25. The molecule has 1 atom stereocenters. The van der Waals surface area contributed by atoms with Gasteiger partial charge in [-0.15, -0.1) is 0 Å². The zero-order valence-corrected chi connectivity index (χ0v) is 21.0. The van der Waals surface area contributed by atoms with E-state index < -0.39 is 29.6 Å². The number of hydrazone groups is 1. The summed E-state index contributed by atoms with van der Waals surface area (Å²) in [5, 5.41) is 5.96. The molecular formula is C28H26F3N3O4. The summed E-state index contributed by atoms with van der Waals surface area (Å²) < 4.78 is 49.0. The quantitative estimate of drug-likeness (QED) is 0.427. The van der Waals surface area contributed by atoms with Gasteiger partial charge >= 0.3 is 6.18 Å². The summed E-state index contributed by atoms with van der Waals surface area (Å²) in [6.45, 7) is -0.314. The monoisotopic (exact) mass is 525 g/mol. The van der Waals surface area contributed by atoms with Gasteiger partial charge in [0.2, 0.25) is 0 Å². The maximum absolute atomic E-state index is 13.4. The number of hydrogen-bond donors (Lipinski definition) is 0. The Kier molecular flexibility index (Phi) is 7.70. The van der Waals surface area contributed by atoms with Crippen molar-refractivity contribution in [2.75, 3.05) is 27.8 Å². The molecule has 3 aromatic rings. The van der Waals surface area contributed by atoms with Crippen molar-refractivity contribution in [3.8, 4) is 11.5 Å². The van der Waals surface area contributed by atoms with Crippen LogP contribution in [0.2, 0.25) is 0 Å². The molecule has 1 aliphatic heterocycles. The number of benzene rings is 3. The molecule has 10 heteroatoms. The molecule has 0 bridgehead atoms. The number of carbonyl (C=O) groups excluding carboxylic acids is 2. The third kappa shape index (κ3) is 5.80. The molecule has 7 nitrogen and oxygen atoms in total. The number of hydrogen-bond acceptors (Lipinski definition) is 5. The first-order chi connectivity index (χ1) is 18.1. The molecule has 2 amide bonds. The van der Waals surface area contributed by atoms with Crippen molar-refractivity contribution in [1.82, 2.24) is 9.91 Å². The first-order valence-electron chi connectivity index (χ1n) is 11.7. The van der Waals surface area contributed by atoms with E-state index in [1.165, 1.54) is 12.1 Å². The Labute approximate surface area is 218 Å². The highest BCUT2D eigenvalue weighted by molar-refractivity contribution is 6.03. The first kappa shape index (κ1) is 26.7. The fourth-order valence-electron chi connectivity index (χ4n) is 4.15. The van der Waals surface area contributed by atoms with Crippen molar-refractivity contribution >= 4 is 17.5 Å². The minimum absolute atomic E-state index is 0.0452. The molecule has 0 unspecified atom stereocenters. The molecular weight excluding hydrogens is 499 g/mol. The van der Waals surface area contributed by atoms with Crippen molar-refractivity contribution in [2.24, 2.45) is 5.10 Å². The van der Waals surface area contributed by atoms with Gasteiger partial charge in [0, 0.05) is 19.0 Å². The van der Waals surface area contributed by atoms with E-state index in [1.54, 1.807) is 38.5 Å². The smallest absolute Gasteiger partial charge is 0.416 e. The van der Waals surface area contributed by atoms with Gasteiger partial charge in [-0.1, -0.05) is 12.1 Å². The van der Waals surface area contributed by atoms with Crippen LogP contribution in [-0.4, -0.2) is 55.2 Å². The summed E-state index contributed by atoms with van der Waals surface area (Å²) in [7, 11) is 4.56. The van der Waals surface area contributed by atoms with Crippen molar-refractivity contribution in [1.29, 1.82) is 0 Å². The van der Waals surface area contributed by atoms with Crippen LogP contribution >= 0.6 is 0 Å². The second-order valence-corrected chi connectivity index (χ2v) is 8.74. The minimum atomic E-state index is -4.50. The zero-order valence-electron chi connectivity index (χ0n) is 21.0. The molecule has 0 N–H and O–H groups in total. The molecule has 0 fully saturated rings. The second-order valence-electron chi connectivity index (χ2n) is 8.74. The van der Waals surface area contributed by atoms with Gasteiger partial charge in [-0.3, -0.25) is 9.59 Å². The summed E-state index contributed by atoms with van der Waals surface area (Å²) in [6.07, 6.45) is -4.06. The largest absolute Gasteiger partial charge is 0.497 e. The summed E-state index contributed by atoms with van der Waals surface area (Å²) in [6, 6.07) is 18.1. The Morgan fingerprint density at radius 1 is 0.921 bits per heavy atom. The SMILES string of the molecule is COc1ccc(C2=NN(C(=O)CN(C)C(=O)c3ccc(C(F)(F)F)cc3)[C@@H](c3ccc(OC)cc3)C2)cc1. The van der Waals surface area contributed by atoms with Gasteiger partial charge in [0.15, 0.2) is 0 Å². The minimum Gasteiger partial charge on any atom is -0.497 e. The molecule has 38 heavy (non-hydrogen) atoms. The van der Waals surface area contributed by atoms with Crippen molar-refractivity contribution < 1.29 is 32.2 Å². The molecule has 0 radical (unpaired) electrons. The zero-order chi connectivity index (χ0) is 27.4. The lowest BCUT2D eigenvalue weighted by molar-refractivity contribution is -0.137. The number of rotatable bonds is 7. The normalized spacial score (nSPS) is 15.2. The highest BCUT2D eigenvalue weighted by atomic mass is 19.4. The summed E-state index contributed by atoms with van der Waals surface area (Å²) in [5.74, 6) is 0.349.